The van der Waals surface area contributed by atoms with Crippen molar-refractivity contribution in [1.29, 1.82) is 0 Å². The molecule has 0 fully saturated rings. The highest BCUT2D eigenvalue weighted by Gasteiger charge is 2.32. The lowest BCUT2D eigenvalue weighted by molar-refractivity contribution is -0.658. The molecule has 2 aromatic rings. The average molecular weight is 249 g/mol. The zero-order valence-corrected chi connectivity index (χ0v) is 11.7. The van der Waals surface area contributed by atoms with Gasteiger partial charge >= 0.3 is 6.85 Å². The monoisotopic (exact) mass is 249 g/mol. The Kier molecular flexibility index (Phi) is 2.90. The zero-order valence-electron chi connectivity index (χ0n) is 11.7. The summed E-state index contributed by atoms with van der Waals surface area (Å²) < 4.78 is 2.18. The van der Waals surface area contributed by atoms with E-state index in [1.807, 2.05) is 0 Å². The Bertz CT molecular complexity index is 649. The molecule has 0 saturated heterocycles. The van der Waals surface area contributed by atoms with E-state index < -0.39 is 0 Å². The van der Waals surface area contributed by atoms with E-state index >= 15 is 0 Å². The SMILES string of the molecule is CB1C=Cc2ccccc2N1c1cc(C)cc[n+]1C. The van der Waals surface area contributed by atoms with E-state index in [-0.39, 0.29) is 0 Å². The summed E-state index contributed by atoms with van der Waals surface area (Å²) in [5.41, 5.74) is 3.84. The fourth-order valence-corrected chi connectivity index (χ4v) is 2.63. The van der Waals surface area contributed by atoms with E-state index in [1.54, 1.807) is 0 Å². The number of aromatic nitrogens is 1. The first-order valence-corrected chi connectivity index (χ1v) is 6.69. The number of para-hydroxylation sites is 1. The summed E-state index contributed by atoms with van der Waals surface area (Å²) in [5.74, 6) is 3.48. The number of fused-ring (bicyclic) bond motifs is 1. The van der Waals surface area contributed by atoms with Gasteiger partial charge in [0.25, 0.3) is 5.82 Å². The average Bonchev–Trinajstić information content (AvgIpc) is 2.42. The first-order chi connectivity index (χ1) is 9.16. The summed E-state index contributed by atoms with van der Waals surface area (Å²) >= 11 is 0. The second-order valence-electron chi connectivity index (χ2n) is 5.20. The fraction of sp³-hybridized carbons (Fsp3) is 0.188. The molecule has 0 N–H and O–H groups in total. The van der Waals surface area contributed by atoms with Crippen LogP contribution in [0.3, 0.4) is 0 Å². The van der Waals surface area contributed by atoms with Crippen molar-refractivity contribution in [3.05, 3.63) is 59.7 Å². The van der Waals surface area contributed by atoms with Crippen molar-refractivity contribution in [1.82, 2.24) is 0 Å². The van der Waals surface area contributed by atoms with Crippen molar-refractivity contribution in [2.24, 2.45) is 7.05 Å². The molecule has 0 saturated carbocycles. The standard InChI is InChI=1S/C16H18BN2/c1-13-9-11-18(3)16(12-13)19-15-7-5-4-6-14(15)8-10-17(19)2/h4-12H,1-3H3/q+1. The van der Waals surface area contributed by atoms with Crippen LogP contribution in [0.15, 0.2) is 48.6 Å². The molecule has 1 aliphatic rings. The number of benzene rings is 1. The highest BCUT2D eigenvalue weighted by Crippen LogP contribution is 2.32. The molecule has 0 bridgehead atoms. The van der Waals surface area contributed by atoms with Crippen LogP contribution in [0.1, 0.15) is 11.1 Å². The lowest BCUT2D eigenvalue weighted by atomic mass is 9.60. The molecule has 0 unspecified atom stereocenters. The van der Waals surface area contributed by atoms with Gasteiger partial charge in [-0.1, -0.05) is 30.3 Å². The first-order valence-electron chi connectivity index (χ1n) is 6.69. The lowest BCUT2D eigenvalue weighted by Crippen LogP contribution is -2.43. The summed E-state index contributed by atoms with van der Waals surface area (Å²) in [6.45, 7) is 4.73. The molecule has 0 spiro atoms. The zero-order chi connectivity index (χ0) is 13.4. The van der Waals surface area contributed by atoms with Crippen LogP contribution in [0.2, 0.25) is 6.82 Å². The highest BCUT2D eigenvalue weighted by molar-refractivity contribution is 6.69. The number of pyridine rings is 1. The Morgan fingerprint density at radius 3 is 2.79 bits per heavy atom. The van der Waals surface area contributed by atoms with Crippen LogP contribution in [0.5, 0.6) is 0 Å². The minimum Gasteiger partial charge on any atom is -0.287 e. The van der Waals surface area contributed by atoms with Crippen LogP contribution in [0, 0.1) is 6.92 Å². The minimum atomic E-state index is 0.364. The molecule has 3 rings (SSSR count). The van der Waals surface area contributed by atoms with Gasteiger partial charge in [-0.15, -0.1) is 0 Å². The lowest BCUT2D eigenvalue weighted by Gasteiger charge is -2.26. The Balaban J connectivity index is 2.18. The number of hydrogen-bond acceptors (Lipinski definition) is 1. The van der Waals surface area contributed by atoms with Gasteiger partial charge in [0.2, 0.25) is 0 Å². The van der Waals surface area contributed by atoms with E-state index in [0.29, 0.717) is 6.85 Å². The molecule has 0 amide bonds. The molecule has 0 radical (unpaired) electrons. The van der Waals surface area contributed by atoms with Crippen LogP contribution in [-0.4, -0.2) is 6.85 Å². The van der Waals surface area contributed by atoms with Gasteiger partial charge in [-0.2, -0.15) is 0 Å². The molecular weight excluding hydrogens is 231 g/mol. The number of aryl methyl sites for hydroxylation is 2. The van der Waals surface area contributed by atoms with Crippen molar-refractivity contribution in [3.8, 4) is 0 Å². The maximum Gasteiger partial charge on any atom is 0.402 e. The molecule has 1 aromatic carbocycles. The van der Waals surface area contributed by atoms with E-state index in [0.717, 1.165) is 0 Å². The fourth-order valence-electron chi connectivity index (χ4n) is 2.63. The van der Waals surface area contributed by atoms with Crippen LogP contribution in [0.4, 0.5) is 11.5 Å². The minimum absolute atomic E-state index is 0.364. The topological polar surface area (TPSA) is 7.12 Å². The van der Waals surface area contributed by atoms with Gasteiger partial charge in [-0.25, -0.2) is 4.57 Å². The predicted molar refractivity (Wildman–Crippen MR) is 81.6 cm³/mol. The molecule has 1 aliphatic heterocycles. The largest absolute Gasteiger partial charge is 0.402 e. The number of anilines is 2. The molecule has 19 heavy (non-hydrogen) atoms. The number of nitrogens with zero attached hydrogens (tertiary/aromatic N) is 2. The Labute approximate surface area is 115 Å². The Morgan fingerprint density at radius 1 is 1.16 bits per heavy atom. The second kappa shape index (κ2) is 4.58. The molecular formula is C16H18BN2+. The Hall–Kier alpha value is -2.03. The van der Waals surface area contributed by atoms with E-state index in [2.05, 4.69) is 84.8 Å². The third-order valence-electron chi connectivity index (χ3n) is 3.68. The van der Waals surface area contributed by atoms with Crippen molar-refractivity contribution in [2.45, 2.75) is 13.7 Å². The van der Waals surface area contributed by atoms with Gasteiger partial charge in [-0.3, -0.25) is 4.81 Å². The first kappa shape index (κ1) is 12.0. The van der Waals surface area contributed by atoms with E-state index in [1.165, 1.54) is 22.6 Å². The molecule has 2 nitrogen and oxygen atoms in total. The van der Waals surface area contributed by atoms with E-state index in [4.69, 9.17) is 0 Å². The maximum absolute atomic E-state index is 2.39. The molecule has 94 valence electrons. The van der Waals surface area contributed by atoms with Crippen LogP contribution < -0.4 is 9.38 Å². The second-order valence-corrected chi connectivity index (χ2v) is 5.20. The van der Waals surface area contributed by atoms with Crippen molar-refractivity contribution >= 4 is 24.4 Å². The van der Waals surface area contributed by atoms with Gasteiger partial charge in [0, 0.05) is 11.6 Å². The Morgan fingerprint density at radius 2 is 1.95 bits per heavy atom. The quantitative estimate of drug-likeness (QED) is 0.556. The van der Waals surface area contributed by atoms with Gasteiger partial charge < -0.3 is 0 Å². The summed E-state index contributed by atoms with van der Waals surface area (Å²) in [7, 11) is 2.10. The van der Waals surface area contributed by atoms with Gasteiger partial charge in [0.15, 0.2) is 0 Å². The molecule has 1 aromatic heterocycles. The molecule has 2 heterocycles. The van der Waals surface area contributed by atoms with Crippen LogP contribution in [0.25, 0.3) is 6.08 Å². The summed E-state index contributed by atoms with van der Waals surface area (Å²) in [6, 6.07) is 12.9. The van der Waals surface area contributed by atoms with Gasteiger partial charge in [0.1, 0.15) is 5.69 Å². The van der Waals surface area contributed by atoms with Crippen molar-refractivity contribution in [3.63, 3.8) is 0 Å². The molecule has 0 atom stereocenters. The highest BCUT2D eigenvalue weighted by atomic mass is 15.2. The maximum atomic E-state index is 2.39. The number of hydrogen-bond donors (Lipinski definition) is 0. The smallest absolute Gasteiger partial charge is 0.287 e. The summed E-state index contributed by atoms with van der Waals surface area (Å²) in [6.07, 6.45) is 4.34. The third kappa shape index (κ3) is 2.05. The van der Waals surface area contributed by atoms with Gasteiger partial charge in [-0.05, 0) is 31.4 Å². The molecule has 3 heteroatoms. The number of rotatable bonds is 1. The van der Waals surface area contributed by atoms with E-state index in [9.17, 15) is 0 Å². The normalized spacial score (nSPS) is 13.6. The van der Waals surface area contributed by atoms with Crippen LogP contribution in [-0.2, 0) is 7.05 Å². The van der Waals surface area contributed by atoms with Crippen LogP contribution >= 0.6 is 0 Å². The van der Waals surface area contributed by atoms with Gasteiger partial charge in [0.05, 0.1) is 13.2 Å². The predicted octanol–water partition coefficient (Wildman–Crippen LogP) is 3.14. The summed E-state index contributed by atoms with van der Waals surface area (Å²) in [4.78, 5) is 2.39. The summed E-state index contributed by atoms with van der Waals surface area (Å²) in [5, 5.41) is 0. The molecule has 0 aliphatic carbocycles. The third-order valence-corrected chi connectivity index (χ3v) is 3.68. The van der Waals surface area contributed by atoms with Crippen molar-refractivity contribution < 1.29 is 4.57 Å². The van der Waals surface area contributed by atoms with Crippen molar-refractivity contribution in [2.75, 3.05) is 4.81 Å².